The molecule has 3 rings (SSSR count). The second-order valence-corrected chi connectivity index (χ2v) is 6.30. The minimum absolute atomic E-state index is 0.213. The third-order valence-corrected chi connectivity index (χ3v) is 4.23. The van der Waals surface area contributed by atoms with Crippen molar-refractivity contribution in [1.82, 2.24) is 5.32 Å². The summed E-state index contributed by atoms with van der Waals surface area (Å²) in [4.78, 5) is 11.7. The summed E-state index contributed by atoms with van der Waals surface area (Å²) in [5.74, 6) is -0.810. The minimum Gasteiger partial charge on any atom is -0.489 e. The molecule has 3 aromatic carbocycles. The van der Waals surface area contributed by atoms with Crippen molar-refractivity contribution in [2.24, 2.45) is 5.73 Å². The van der Waals surface area contributed by atoms with Crippen LogP contribution in [0.25, 0.3) is 0 Å². The summed E-state index contributed by atoms with van der Waals surface area (Å²) in [6.07, 6.45) is 0. The zero-order valence-corrected chi connectivity index (χ0v) is 15.1. The number of benzene rings is 3. The predicted molar refractivity (Wildman–Crippen MR) is 102 cm³/mol. The second kappa shape index (κ2) is 9.10. The highest BCUT2D eigenvalue weighted by Gasteiger charge is 2.20. The molecule has 1 atom stereocenters. The van der Waals surface area contributed by atoms with Crippen LogP contribution in [0.3, 0.4) is 0 Å². The average molecular weight is 382 g/mol. The fourth-order valence-electron chi connectivity index (χ4n) is 2.79. The van der Waals surface area contributed by atoms with Gasteiger partial charge in [-0.15, -0.1) is 0 Å². The van der Waals surface area contributed by atoms with E-state index in [0.717, 1.165) is 11.1 Å². The Morgan fingerprint density at radius 2 is 1.71 bits per heavy atom. The molecule has 3 aromatic rings. The van der Waals surface area contributed by atoms with Gasteiger partial charge in [-0.3, -0.25) is 10.1 Å². The van der Waals surface area contributed by atoms with Crippen LogP contribution in [-0.4, -0.2) is 5.91 Å². The van der Waals surface area contributed by atoms with Crippen LogP contribution in [0, 0.1) is 11.6 Å². The van der Waals surface area contributed by atoms with E-state index in [2.05, 4.69) is 5.32 Å². The molecule has 144 valence electrons. The van der Waals surface area contributed by atoms with E-state index in [-0.39, 0.29) is 18.0 Å². The fraction of sp³-hybridized carbons (Fsp3) is 0.136. The molecule has 0 saturated heterocycles. The number of primary amides is 1. The Hall–Kier alpha value is -3.25. The molecule has 6 heteroatoms. The van der Waals surface area contributed by atoms with Gasteiger partial charge in [-0.05, 0) is 41.5 Å². The lowest BCUT2D eigenvalue weighted by molar-refractivity contribution is -0.120. The van der Waals surface area contributed by atoms with Crippen LogP contribution in [0.1, 0.15) is 22.7 Å². The maximum Gasteiger partial charge on any atom is 0.239 e. The lowest BCUT2D eigenvalue weighted by Gasteiger charge is -2.16. The Bertz CT molecular complexity index is 945. The number of nitrogens with one attached hydrogen (secondary N) is 1. The Kier molecular flexibility index (Phi) is 6.34. The molecule has 0 aliphatic rings. The first-order chi connectivity index (χ1) is 13.5. The first-order valence-corrected chi connectivity index (χ1v) is 8.76. The van der Waals surface area contributed by atoms with Gasteiger partial charge in [0.05, 0.1) is 0 Å². The summed E-state index contributed by atoms with van der Waals surface area (Å²) < 4.78 is 32.8. The van der Waals surface area contributed by atoms with E-state index in [0.29, 0.717) is 12.3 Å². The van der Waals surface area contributed by atoms with Gasteiger partial charge < -0.3 is 10.5 Å². The molecular formula is C22H20F2N2O2. The lowest BCUT2D eigenvalue weighted by atomic mass is 10.1. The van der Waals surface area contributed by atoms with Crippen molar-refractivity contribution in [3.8, 4) is 5.75 Å². The van der Waals surface area contributed by atoms with Gasteiger partial charge >= 0.3 is 0 Å². The number of nitrogens with two attached hydrogens (primary N) is 1. The van der Waals surface area contributed by atoms with E-state index in [9.17, 15) is 13.6 Å². The van der Waals surface area contributed by atoms with Gasteiger partial charge in [0.1, 0.15) is 30.0 Å². The highest BCUT2D eigenvalue weighted by molar-refractivity contribution is 5.81. The van der Waals surface area contributed by atoms with Gasteiger partial charge in [0.15, 0.2) is 0 Å². The molecule has 0 aliphatic carbocycles. The van der Waals surface area contributed by atoms with Crippen LogP contribution in [-0.2, 0) is 17.9 Å². The summed E-state index contributed by atoms with van der Waals surface area (Å²) in [6, 6.07) is 18.5. The normalized spacial score (nSPS) is 11.8. The summed E-state index contributed by atoms with van der Waals surface area (Å²) in [5.41, 5.74) is 7.24. The van der Waals surface area contributed by atoms with Crippen LogP contribution in [0.5, 0.6) is 5.75 Å². The van der Waals surface area contributed by atoms with Crippen molar-refractivity contribution in [3.05, 3.63) is 101 Å². The standard InChI is InChI=1S/C22H20F2N2O2/c23-17-5-3-4-16(12-17)14-28-18-10-8-15(9-11-18)13-26-21(22(25)27)19-6-1-2-7-20(19)24/h1-12,21,26H,13-14H2,(H2,25,27). The van der Waals surface area contributed by atoms with Crippen molar-refractivity contribution in [2.75, 3.05) is 0 Å². The van der Waals surface area contributed by atoms with Gasteiger partial charge in [0.2, 0.25) is 5.91 Å². The number of carbonyl (C=O) groups excluding carboxylic acids is 1. The highest BCUT2D eigenvalue weighted by atomic mass is 19.1. The number of hydrogen-bond acceptors (Lipinski definition) is 3. The average Bonchev–Trinajstić information content (AvgIpc) is 2.68. The molecule has 0 bridgehead atoms. The van der Waals surface area contributed by atoms with E-state index >= 15 is 0 Å². The van der Waals surface area contributed by atoms with E-state index in [1.54, 1.807) is 36.4 Å². The first kappa shape index (κ1) is 19.5. The molecule has 0 radical (unpaired) electrons. The third-order valence-electron chi connectivity index (χ3n) is 4.23. The predicted octanol–water partition coefficient (Wildman–Crippen LogP) is 3.86. The number of rotatable bonds is 8. The Morgan fingerprint density at radius 3 is 2.39 bits per heavy atom. The molecule has 3 N–H and O–H groups in total. The van der Waals surface area contributed by atoms with Gasteiger partial charge in [-0.1, -0.05) is 42.5 Å². The van der Waals surface area contributed by atoms with Crippen LogP contribution < -0.4 is 15.8 Å². The highest BCUT2D eigenvalue weighted by Crippen LogP contribution is 2.19. The maximum absolute atomic E-state index is 13.9. The smallest absolute Gasteiger partial charge is 0.239 e. The molecule has 4 nitrogen and oxygen atoms in total. The van der Waals surface area contributed by atoms with Crippen molar-refractivity contribution in [3.63, 3.8) is 0 Å². The van der Waals surface area contributed by atoms with Crippen LogP contribution >= 0.6 is 0 Å². The Labute approximate surface area is 162 Å². The summed E-state index contributed by atoms with van der Waals surface area (Å²) >= 11 is 0. The monoisotopic (exact) mass is 382 g/mol. The number of hydrogen-bond donors (Lipinski definition) is 2. The van der Waals surface area contributed by atoms with Crippen molar-refractivity contribution >= 4 is 5.91 Å². The van der Waals surface area contributed by atoms with Gasteiger partial charge in [-0.25, -0.2) is 8.78 Å². The summed E-state index contributed by atoms with van der Waals surface area (Å²) in [5, 5.41) is 2.98. The van der Waals surface area contributed by atoms with E-state index < -0.39 is 17.8 Å². The molecule has 1 amide bonds. The largest absolute Gasteiger partial charge is 0.489 e. The van der Waals surface area contributed by atoms with Gasteiger partial charge in [0.25, 0.3) is 0 Å². The molecular weight excluding hydrogens is 362 g/mol. The van der Waals surface area contributed by atoms with Crippen molar-refractivity contribution in [1.29, 1.82) is 0 Å². The number of halogens is 2. The fourth-order valence-corrected chi connectivity index (χ4v) is 2.79. The van der Waals surface area contributed by atoms with Crippen LogP contribution in [0.4, 0.5) is 8.78 Å². The van der Waals surface area contributed by atoms with E-state index in [1.807, 2.05) is 12.1 Å². The molecule has 1 unspecified atom stereocenters. The van der Waals surface area contributed by atoms with Crippen LogP contribution in [0.15, 0.2) is 72.8 Å². The third kappa shape index (κ3) is 5.14. The minimum atomic E-state index is -0.926. The number of carbonyl (C=O) groups is 1. The lowest BCUT2D eigenvalue weighted by Crippen LogP contribution is -2.33. The van der Waals surface area contributed by atoms with Gasteiger partial charge in [0, 0.05) is 12.1 Å². The zero-order valence-electron chi connectivity index (χ0n) is 15.1. The van der Waals surface area contributed by atoms with Crippen LogP contribution in [0.2, 0.25) is 0 Å². The molecule has 0 aromatic heterocycles. The van der Waals surface area contributed by atoms with E-state index in [1.165, 1.54) is 24.3 Å². The SMILES string of the molecule is NC(=O)C(NCc1ccc(OCc2cccc(F)c2)cc1)c1ccccc1F. The molecule has 28 heavy (non-hydrogen) atoms. The maximum atomic E-state index is 13.9. The van der Waals surface area contributed by atoms with Gasteiger partial charge in [-0.2, -0.15) is 0 Å². The number of amides is 1. The van der Waals surface area contributed by atoms with Crippen molar-refractivity contribution in [2.45, 2.75) is 19.2 Å². The second-order valence-electron chi connectivity index (χ2n) is 6.30. The molecule has 0 spiro atoms. The molecule has 0 fully saturated rings. The molecule has 0 saturated carbocycles. The Morgan fingerprint density at radius 1 is 0.964 bits per heavy atom. The quantitative estimate of drug-likeness (QED) is 0.622. The first-order valence-electron chi connectivity index (χ1n) is 8.76. The summed E-state index contributed by atoms with van der Waals surface area (Å²) in [7, 11) is 0. The van der Waals surface area contributed by atoms with Crippen molar-refractivity contribution < 1.29 is 18.3 Å². The van der Waals surface area contributed by atoms with E-state index in [4.69, 9.17) is 10.5 Å². The molecule has 0 aliphatic heterocycles. The Balaban J connectivity index is 1.59. The summed E-state index contributed by atoms with van der Waals surface area (Å²) in [6.45, 7) is 0.582. The molecule has 0 heterocycles. The zero-order chi connectivity index (χ0) is 19.9. The number of ether oxygens (including phenoxy) is 1. The topological polar surface area (TPSA) is 64.4 Å².